The number of carbonyl (C=O) groups is 1. The average molecular weight is 443 g/mol. The molecule has 2 saturated carbocycles. The number of alkyl halides is 2. The van der Waals surface area contributed by atoms with E-state index in [1.54, 1.807) is 0 Å². The zero-order chi connectivity index (χ0) is 21.5. The molecule has 0 atom stereocenters. The Morgan fingerprint density at radius 3 is 2.27 bits per heavy atom. The molecule has 2 nitrogen and oxygen atoms in total. The molecule has 0 spiro atoms. The first-order valence-electron chi connectivity index (χ1n) is 11.4. The third-order valence-electron chi connectivity index (χ3n) is 6.97. The molecule has 168 valence electrons. The van der Waals surface area contributed by atoms with Crippen molar-refractivity contribution in [3.8, 4) is 5.75 Å². The predicted octanol–water partition coefficient (Wildman–Crippen LogP) is 7.85. The van der Waals surface area contributed by atoms with Gasteiger partial charge in [0.1, 0.15) is 11.6 Å². The largest absolute Gasteiger partial charge is 0.426 e. The van der Waals surface area contributed by atoms with Crippen molar-refractivity contribution >= 4 is 17.7 Å². The minimum absolute atomic E-state index is 0.0867. The Morgan fingerprint density at radius 2 is 1.70 bits per heavy atom. The van der Waals surface area contributed by atoms with E-state index in [-0.39, 0.29) is 34.3 Å². The molecule has 0 heterocycles. The number of carbonyl (C=O) groups excluding carboxylic acids is 1. The van der Waals surface area contributed by atoms with Crippen LogP contribution in [0.5, 0.6) is 5.75 Å². The Morgan fingerprint density at radius 1 is 1.07 bits per heavy atom. The molecule has 6 heteroatoms. The summed E-state index contributed by atoms with van der Waals surface area (Å²) < 4.78 is 44.1. The zero-order valence-electron chi connectivity index (χ0n) is 17.8. The third-order valence-corrected chi connectivity index (χ3v) is 7.73. The van der Waals surface area contributed by atoms with Gasteiger partial charge in [-0.25, -0.2) is 4.39 Å². The van der Waals surface area contributed by atoms with Crippen molar-refractivity contribution in [3.05, 3.63) is 24.0 Å². The second-order valence-corrected chi connectivity index (χ2v) is 9.96. The van der Waals surface area contributed by atoms with Crippen molar-refractivity contribution in [1.82, 2.24) is 0 Å². The maximum Gasteiger partial charge on any atom is 0.314 e. The topological polar surface area (TPSA) is 26.3 Å². The molecule has 1 aromatic carbocycles. The number of halogens is 3. The lowest BCUT2D eigenvalue weighted by molar-refractivity contribution is -0.140. The summed E-state index contributed by atoms with van der Waals surface area (Å²) in [6, 6.07) is 3.64. The predicted molar refractivity (Wildman–Crippen MR) is 114 cm³/mol. The molecule has 2 fully saturated rings. The molecular formula is C24H33F3O2S. The van der Waals surface area contributed by atoms with E-state index in [0.717, 1.165) is 43.6 Å². The van der Waals surface area contributed by atoms with Crippen LogP contribution in [0, 0.1) is 29.5 Å². The molecule has 3 rings (SSSR count). The molecule has 0 saturated heterocycles. The van der Waals surface area contributed by atoms with Crippen LogP contribution in [-0.4, -0.2) is 11.7 Å². The summed E-state index contributed by atoms with van der Waals surface area (Å²) in [7, 11) is 0. The molecule has 2 aliphatic carbocycles. The minimum atomic E-state index is -2.69. The van der Waals surface area contributed by atoms with Gasteiger partial charge in [0.25, 0.3) is 5.76 Å². The molecular weight excluding hydrogens is 409 g/mol. The van der Waals surface area contributed by atoms with Crippen LogP contribution in [0.3, 0.4) is 0 Å². The van der Waals surface area contributed by atoms with E-state index < -0.39 is 11.6 Å². The monoisotopic (exact) mass is 442 g/mol. The van der Waals surface area contributed by atoms with Gasteiger partial charge >= 0.3 is 5.97 Å². The molecule has 2 aliphatic rings. The number of benzene rings is 1. The van der Waals surface area contributed by atoms with E-state index in [9.17, 15) is 18.0 Å². The van der Waals surface area contributed by atoms with Crippen LogP contribution >= 0.6 is 11.8 Å². The normalized spacial score (nSPS) is 27.2. The Balaban J connectivity index is 1.43. The maximum absolute atomic E-state index is 13.9. The highest BCUT2D eigenvalue weighted by molar-refractivity contribution is 7.99. The SMILES string of the molecule is CCCC[C@H]1CC[C@H]([C@H]2CC[C@H](C(=O)Oc3ccc(SC(F)F)c(F)c3)CC2)CC1. The van der Waals surface area contributed by atoms with Crippen LogP contribution in [0.2, 0.25) is 0 Å². The van der Waals surface area contributed by atoms with Gasteiger partial charge in [0, 0.05) is 11.0 Å². The fourth-order valence-electron chi connectivity index (χ4n) is 5.20. The summed E-state index contributed by atoms with van der Waals surface area (Å²) in [5, 5.41) is 0. The van der Waals surface area contributed by atoms with Crippen LogP contribution in [0.25, 0.3) is 0 Å². The Hall–Kier alpha value is -1.17. The number of hydrogen-bond acceptors (Lipinski definition) is 3. The van der Waals surface area contributed by atoms with Crippen molar-refractivity contribution < 1.29 is 22.7 Å². The number of hydrogen-bond donors (Lipinski definition) is 0. The van der Waals surface area contributed by atoms with Crippen molar-refractivity contribution in [1.29, 1.82) is 0 Å². The van der Waals surface area contributed by atoms with E-state index in [2.05, 4.69) is 6.92 Å². The number of esters is 1. The van der Waals surface area contributed by atoms with Crippen LogP contribution in [-0.2, 0) is 4.79 Å². The van der Waals surface area contributed by atoms with Gasteiger partial charge in [-0.15, -0.1) is 0 Å². The maximum atomic E-state index is 13.9. The van der Waals surface area contributed by atoms with Crippen LogP contribution in [0.4, 0.5) is 13.2 Å². The third kappa shape index (κ3) is 6.66. The Labute approximate surface area is 182 Å². The summed E-state index contributed by atoms with van der Waals surface area (Å²) >= 11 is 0.149. The average Bonchev–Trinajstić information content (AvgIpc) is 2.74. The van der Waals surface area contributed by atoms with Gasteiger partial charge in [0.2, 0.25) is 0 Å². The van der Waals surface area contributed by atoms with Gasteiger partial charge in [-0.05, 0) is 68.4 Å². The van der Waals surface area contributed by atoms with Crippen molar-refractivity contribution in [2.24, 2.45) is 23.7 Å². The van der Waals surface area contributed by atoms with Gasteiger partial charge in [0.05, 0.1) is 5.92 Å². The number of rotatable bonds is 8. The van der Waals surface area contributed by atoms with E-state index >= 15 is 0 Å². The fraction of sp³-hybridized carbons (Fsp3) is 0.708. The fourth-order valence-corrected chi connectivity index (χ4v) is 5.71. The smallest absolute Gasteiger partial charge is 0.314 e. The zero-order valence-corrected chi connectivity index (χ0v) is 18.6. The Bertz CT molecular complexity index is 681. The second-order valence-electron chi connectivity index (χ2n) is 8.93. The highest BCUT2D eigenvalue weighted by Gasteiger charge is 2.33. The molecule has 0 unspecified atom stereocenters. The number of thioether (sulfide) groups is 1. The first-order valence-corrected chi connectivity index (χ1v) is 12.3. The quantitative estimate of drug-likeness (QED) is 0.233. The lowest BCUT2D eigenvalue weighted by atomic mass is 9.68. The summed E-state index contributed by atoms with van der Waals surface area (Å²) in [6.45, 7) is 2.26. The summed E-state index contributed by atoms with van der Waals surface area (Å²) in [4.78, 5) is 12.4. The molecule has 0 radical (unpaired) electrons. The molecule has 1 aromatic rings. The van der Waals surface area contributed by atoms with Crippen LogP contribution in [0.15, 0.2) is 23.1 Å². The van der Waals surface area contributed by atoms with Gasteiger partial charge in [0.15, 0.2) is 0 Å². The molecule has 0 bridgehead atoms. The first kappa shape index (κ1) is 23.5. The van der Waals surface area contributed by atoms with Gasteiger partial charge in [-0.1, -0.05) is 50.8 Å². The van der Waals surface area contributed by atoms with Crippen molar-refractivity contribution in [3.63, 3.8) is 0 Å². The van der Waals surface area contributed by atoms with Crippen molar-refractivity contribution in [2.45, 2.75) is 88.2 Å². The summed E-state index contributed by atoms with van der Waals surface area (Å²) in [5.74, 6) is -1.44. The van der Waals surface area contributed by atoms with E-state index in [1.165, 1.54) is 57.1 Å². The van der Waals surface area contributed by atoms with Crippen LogP contribution in [0.1, 0.15) is 77.6 Å². The van der Waals surface area contributed by atoms with E-state index in [0.29, 0.717) is 5.92 Å². The van der Waals surface area contributed by atoms with E-state index in [1.807, 2.05) is 0 Å². The molecule has 0 amide bonds. The van der Waals surface area contributed by atoms with Crippen LogP contribution < -0.4 is 4.74 Å². The number of unbranched alkanes of at least 4 members (excludes halogenated alkanes) is 1. The highest BCUT2D eigenvalue weighted by atomic mass is 32.2. The van der Waals surface area contributed by atoms with Crippen molar-refractivity contribution in [2.75, 3.05) is 0 Å². The summed E-state index contributed by atoms with van der Waals surface area (Å²) in [6.07, 6.45) is 13.1. The van der Waals surface area contributed by atoms with E-state index in [4.69, 9.17) is 4.74 Å². The highest BCUT2D eigenvalue weighted by Crippen LogP contribution is 2.42. The van der Waals surface area contributed by atoms with Gasteiger partial charge < -0.3 is 4.74 Å². The second kappa shape index (κ2) is 11.4. The molecule has 30 heavy (non-hydrogen) atoms. The lowest BCUT2D eigenvalue weighted by Gasteiger charge is -2.37. The summed E-state index contributed by atoms with van der Waals surface area (Å²) in [5.41, 5.74) is 0. The molecule has 0 N–H and O–H groups in total. The standard InChI is InChI=1S/C24H33F3O2S/c1-2-3-4-16-5-7-17(8-6-16)18-9-11-19(12-10-18)23(28)29-20-13-14-22(21(25)15-20)30-24(26)27/h13-19,24H,2-12H2,1H3/t16-,17-,18-,19-. The lowest BCUT2D eigenvalue weighted by Crippen LogP contribution is -2.30. The Kier molecular flexibility index (Phi) is 8.97. The number of ether oxygens (including phenoxy) is 1. The molecule has 0 aromatic heterocycles. The van der Waals surface area contributed by atoms with Gasteiger partial charge in [-0.3, -0.25) is 4.79 Å². The molecule has 0 aliphatic heterocycles. The minimum Gasteiger partial charge on any atom is -0.426 e. The van der Waals surface area contributed by atoms with Gasteiger partial charge in [-0.2, -0.15) is 8.78 Å². The first-order chi connectivity index (χ1) is 14.5.